The first-order valence-electron chi connectivity index (χ1n) is 3.60. The van der Waals surface area contributed by atoms with Crippen molar-refractivity contribution in [3.8, 4) is 0 Å². The van der Waals surface area contributed by atoms with Crippen molar-refractivity contribution >= 4 is 5.97 Å². The Bertz CT molecular complexity index is 230. The highest BCUT2D eigenvalue weighted by Gasteiger charge is 2.45. The maximum atomic E-state index is 10.6. The third kappa shape index (κ3) is 1.38. The Morgan fingerprint density at radius 3 is 2.67 bits per heavy atom. The van der Waals surface area contributed by atoms with Gasteiger partial charge in [-0.3, -0.25) is 14.9 Å². The third-order valence-electron chi connectivity index (χ3n) is 2.13. The Labute approximate surface area is 68.7 Å². The average molecular weight is 174 g/mol. The molecule has 6 heteroatoms. The Hall–Kier alpha value is -1.17. The molecule has 0 spiro atoms. The minimum atomic E-state index is -1.13. The molecule has 1 rings (SSSR count). The maximum absolute atomic E-state index is 10.6. The van der Waals surface area contributed by atoms with Crippen molar-refractivity contribution in [3.63, 3.8) is 0 Å². The zero-order valence-corrected chi connectivity index (χ0v) is 6.61. The summed E-state index contributed by atoms with van der Waals surface area (Å²) in [5, 5.41) is 21.4. The topological polar surface area (TPSA) is 92.5 Å². The molecule has 0 aromatic heterocycles. The highest BCUT2D eigenvalue weighted by atomic mass is 16.6. The van der Waals surface area contributed by atoms with Crippen molar-refractivity contribution in [1.29, 1.82) is 0 Å². The van der Waals surface area contributed by atoms with Gasteiger partial charge >= 0.3 is 5.97 Å². The molecular formula is C6H10N2O4. The summed E-state index contributed by atoms with van der Waals surface area (Å²) in [6.45, 7) is 1.46. The first kappa shape index (κ1) is 8.92. The molecule has 0 amide bonds. The van der Waals surface area contributed by atoms with Crippen LogP contribution in [0.15, 0.2) is 0 Å². The number of carboxylic acids is 1. The predicted molar refractivity (Wildman–Crippen MR) is 39.2 cm³/mol. The molecule has 0 aliphatic carbocycles. The Balaban J connectivity index is 2.67. The smallest absolute Gasteiger partial charge is 0.323 e. The lowest BCUT2D eigenvalue weighted by atomic mass is 10.0. The van der Waals surface area contributed by atoms with E-state index in [0.29, 0.717) is 6.42 Å². The van der Waals surface area contributed by atoms with Crippen molar-refractivity contribution in [1.82, 2.24) is 5.32 Å². The lowest BCUT2D eigenvalue weighted by Crippen LogP contribution is -2.49. The summed E-state index contributed by atoms with van der Waals surface area (Å²) in [6.07, 6.45) is -0.338. The van der Waals surface area contributed by atoms with Crippen LogP contribution in [0.4, 0.5) is 0 Å². The van der Waals surface area contributed by atoms with Gasteiger partial charge in [0.2, 0.25) is 0 Å². The molecule has 6 nitrogen and oxygen atoms in total. The second kappa shape index (κ2) is 2.71. The summed E-state index contributed by atoms with van der Waals surface area (Å²) in [5.74, 6) is -1.04. The van der Waals surface area contributed by atoms with Gasteiger partial charge in [-0.15, -0.1) is 0 Å². The van der Waals surface area contributed by atoms with Gasteiger partial charge in [-0.25, -0.2) is 5.32 Å². The summed E-state index contributed by atoms with van der Waals surface area (Å²) in [4.78, 5) is 20.4. The molecule has 1 heterocycles. The lowest BCUT2D eigenvalue weighted by molar-refractivity contribution is -0.527. The quantitative estimate of drug-likeness (QED) is 0.447. The van der Waals surface area contributed by atoms with Gasteiger partial charge in [0.1, 0.15) is 5.54 Å². The van der Waals surface area contributed by atoms with Crippen LogP contribution in [0.2, 0.25) is 0 Å². The molecule has 68 valence electrons. The van der Waals surface area contributed by atoms with Crippen LogP contribution in [-0.2, 0) is 4.79 Å². The highest BCUT2D eigenvalue weighted by Crippen LogP contribution is 2.23. The number of hydrogen-bond acceptors (Lipinski definition) is 4. The fourth-order valence-corrected chi connectivity index (χ4v) is 1.26. The number of aliphatic carboxylic acids is 1. The SMILES string of the molecule is C[C@@]1(C(=O)O)CCC([N+](=O)[O-])N1. The molecule has 0 aromatic carbocycles. The van der Waals surface area contributed by atoms with Gasteiger partial charge in [-0.2, -0.15) is 0 Å². The zero-order chi connectivity index (χ0) is 9.35. The predicted octanol–water partition coefficient (Wildman–Crippen LogP) is -0.184. The van der Waals surface area contributed by atoms with Crippen LogP contribution < -0.4 is 5.32 Å². The molecule has 2 N–H and O–H groups in total. The molecule has 0 saturated carbocycles. The number of carboxylic acid groups (broad SMARTS) is 1. The van der Waals surface area contributed by atoms with Gasteiger partial charge in [0.05, 0.1) is 0 Å². The molecule has 2 atom stereocenters. The molecule has 0 bridgehead atoms. The number of carbonyl (C=O) groups is 1. The van der Waals surface area contributed by atoms with E-state index in [1.54, 1.807) is 0 Å². The molecule has 1 saturated heterocycles. The van der Waals surface area contributed by atoms with Gasteiger partial charge in [0, 0.05) is 11.3 Å². The number of nitrogens with zero attached hydrogens (tertiary/aromatic N) is 1. The van der Waals surface area contributed by atoms with E-state index in [0.717, 1.165) is 0 Å². The van der Waals surface area contributed by atoms with E-state index in [4.69, 9.17) is 5.11 Å². The fraction of sp³-hybridized carbons (Fsp3) is 0.833. The van der Waals surface area contributed by atoms with E-state index in [1.165, 1.54) is 6.92 Å². The lowest BCUT2D eigenvalue weighted by Gasteiger charge is -2.17. The molecule has 12 heavy (non-hydrogen) atoms. The molecule has 1 fully saturated rings. The van der Waals surface area contributed by atoms with Gasteiger partial charge in [0.15, 0.2) is 0 Å². The van der Waals surface area contributed by atoms with Crippen LogP contribution in [-0.4, -0.2) is 27.7 Å². The standard InChI is InChI=1S/C6H10N2O4/c1-6(5(9)10)3-2-4(7-6)8(11)12/h4,7H,2-3H2,1H3,(H,9,10)/t4?,6-/m0/s1. The first-order valence-corrected chi connectivity index (χ1v) is 3.60. The summed E-state index contributed by atoms with van der Waals surface area (Å²) < 4.78 is 0. The van der Waals surface area contributed by atoms with E-state index in [-0.39, 0.29) is 6.42 Å². The van der Waals surface area contributed by atoms with Crippen LogP contribution in [0.5, 0.6) is 0 Å². The second-order valence-corrected chi connectivity index (χ2v) is 3.12. The van der Waals surface area contributed by atoms with Crippen LogP contribution in [0, 0.1) is 10.1 Å². The first-order chi connectivity index (χ1) is 5.46. The summed E-state index contributed by atoms with van der Waals surface area (Å²) in [6, 6.07) is 0. The normalized spacial score (nSPS) is 34.9. The number of nitrogens with one attached hydrogen (secondary N) is 1. The van der Waals surface area contributed by atoms with Crippen molar-refractivity contribution in [2.45, 2.75) is 31.5 Å². The second-order valence-electron chi connectivity index (χ2n) is 3.12. The summed E-state index contributed by atoms with van der Waals surface area (Å²) >= 11 is 0. The zero-order valence-electron chi connectivity index (χ0n) is 6.61. The molecule has 1 aliphatic heterocycles. The van der Waals surface area contributed by atoms with Crippen molar-refractivity contribution < 1.29 is 14.8 Å². The van der Waals surface area contributed by atoms with Gasteiger partial charge in [0.25, 0.3) is 6.17 Å². The van der Waals surface area contributed by atoms with Gasteiger partial charge in [-0.05, 0) is 13.3 Å². The Morgan fingerprint density at radius 1 is 1.83 bits per heavy atom. The Morgan fingerprint density at radius 2 is 2.42 bits per heavy atom. The number of nitro groups is 1. The molecule has 0 aromatic rings. The molecule has 0 radical (unpaired) electrons. The van der Waals surface area contributed by atoms with Crippen LogP contribution in [0.25, 0.3) is 0 Å². The summed E-state index contributed by atoms with van der Waals surface area (Å²) in [7, 11) is 0. The maximum Gasteiger partial charge on any atom is 0.323 e. The van der Waals surface area contributed by atoms with E-state index >= 15 is 0 Å². The largest absolute Gasteiger partial charge is 0.480 e. The van der Waals surface area contributed by atoms with Crippen LogP contribution in [0.3, 0.4) is 0 Å². The van der Waals surface area contributed by atoms with Crippen molar-refractivity contribution in [3.05, 3.63) is 10.1 Å². The van der Waals surface area contributed by atoms with Crippen LogP contribution >= 0.6 is 0 Å². The molecular weight excluding hydrogens is 164 g/mol. The average Bonchev–Trinajstić information content (AvgIpc) is 2.33. The van der Waals surface area contributed by atoms with Gasteiger partial charge in [-0.1, -0.05) is 0 Å². The number of hydrogen-bond donors (Lipinski definition) is 2. The molecule has 1 aliphatic rings. The number of rotatable bonds is 2. The molecule has 1 unspecified atom stereocenters. The third-order valence-corrected chi connectivity index (χ3v) is 2.13. The van der Waals surface area contributed by atoms with E-state index in [1.807, 2.05) is 0 Å². The minimum Gasteiger partial charge on any atom is -0.480 e. The monoisotopic (exact) mass is 174 g/mol. The van der Waals surface area contributed by atoms with Gasteiger partial charge < -0.3 is 5.11 Å². The van der Waals surface area contributed by atoms with Crippen molar-refractivity contribution in [2.24, 2.45) is 0 Å². The van der Waals surface area contributed by atoms with E-state index in [2.05, 4.69) is 5.32 Å². The fourth-order valence-electron chi connectivity index (χ4n) is 1.26. The Kier molecular flexibility index (Phi) is 2.01. The van der Waals surface area contributed by atoms with E-state index in [9.17, 15) is 14.9 Å². The minimum absolute atomic E-state index is 0.274. The summed E-state index contributed by atoms with van der Waals surface area (Å²) in [5.41, 5.74) is -1.13. The van der Waals surface area contributed by atoms with Crippen LogP contribution in [0.1, 0.15) is 19.8 Å². The van der Waals surface area contributed by atoms with E-state index < -0.39 is 22.6 Å². The van der Waals surface area contributed by atoms with Crippen molar-refractivity contribution in [2.75, 3.05) is 0 Å². The highest BCUT2D eigenvalue weighted by molar-refractivity contribution is 5.78.